The Kier molecular flexibility index (Phi) is 5.15. The molecule has 0 aliphatic carbocycles. The first-order chi connectivity index (χ1) is 9.61. The van der Waals surface area contributed by atoms with Crippen LogP contribution in [0.1, 0.15) is 30.3 Å². The first kappa shape index (κ1) is 15.0. The van der Waals surface area contributed by atoms with Gasteiger partial charge in [-0.15, -0.1) is 11.3 Å². The lowest BCUT2D eigenvalue weighted by atomic mass is 10.1. The zero-order valence-electron chi connectivity index (χ0n) is 12.6. The second-order valence-corrected chi connectivity index (χ2v) is 6.24. The minimum absolute atomic E-state index is 0.338. The zero-order valence-corrected chi connectivity index (χ0v) is 13.4. The summed E-state index contributed by atoms with van der Waals surface area (Å²) in [5.41, 5.74) is 1.22. The van der Waals surface area contributed by atoms with Gasteiger partial charge in [0.05, 0.1) is 0 Å². The second kappa shape index (κ2) is 6.86. The minimum Gasteiger partial charge on any atom is -0.357 e. The standard InChI is InChI=1S/C16H23N3S/c1-12(10-15-6-5-9-20-15)19(4)16-8-7-14(11-18-16)13(2)17-3/h5-9,11-13,17H,10H2,1-4H3. The Labute approximate surface area is 125 Å². The number of rotatable bonds is 6. The average Bonchev–Trinajstić information content (AvgIpc) is 2.98. The third kappa shape index (κ3) is 3.58. The van der Waals surface area contributed by atoms with Crippen molar-refractivity contribution in [2.45, 2.75) is 32.4 Å². The molecule has 0 bridgehead atoms. The van der Waals surface area contributed by atoms with Gasteiger partial charge in [0.1, 0.15) is 5.82 Å². The molecule has 0 aliphatic heterocycles. The van der Waals surface area contributed by atoms with Crippen molar-refractivity contribution < 1.29 is 0 Å². The van der Waals surface area contributed by atoms with Crippen molar-refractivity contribution in [3.63, 3.8) is 0 Å². The normalized spacial score (nSPS) is 14.0. The Morgan fingerprint density at radius 1 is 1.30 bits per heavy atom. The number of anilines is 1. The van der Waals surface area contributed by atoms with Gasteiger partial charge in [0.25, 0.3) is 0 Å². The fraction of sp³-hybridized carbons (Fsp3) is 0.438. The summed E-state index contributed by atoms with van der Waals surface area (Å²) in [5, 5.41) is 5.36. The number of nitrogens with one attached hydrogen (secondary N) is 1. The Morgan fingerprint density at radius 3 is 2.65 bits per heavy atom. The Hall–Kier alpha value is -1.39. The molecule has 0 aliphatic rings. The third-order valence-electron chi connectivity index (χ3n) is 3.80. The predicted molar refractivity (Wildman–Crippen MR) is 87.6 cm³/mol. The molecule has 2 rings (SSSR count). The van der Waals surface area contributed by atoms with Gasteiger partial charge in [-0.25, -0.2) is 4.98 Å². The fourth-order valence-electron chi connectivity index (χ4n) is 2.11. The maximum absolute atomic E-state index is 4.59. The van der Waals surface area contributed by atoms with Crippen LogP contribution >= 0.6 is 11.3 Å². The number of hydrogen-bond donors (Lipinski definition) is 1. The second-order valence-electron chi connectivity index (χ2n) is 5.20. The highest BCUT2D eigenvalue weighted by Gasteiger charge is 2.13. The third-order valence-corrected chi connectivity index (χ3v) is 4.70. The number of hydrogen-bond acceptors (Lipinski definition) is 4. The molecule has 2 aromatic heterocycles. The summed E-state index contributed by atoms with van der Waals surface area (Å²) in [4.78, 5) is 8.25. The van der Waals surface area contributed by atoms with E-state index in [2.05, 4.69) is 65.7 Å². The number of thiophene rings is 1. The molecule has 0 fully saturated rings. The van der Waals surface area contributed by atoms with E-state index < -0.39 is 0 Å². The van der Waals surface area contributed by atoms with Gasteiger partial charge in [-0.2, -0.15) is 0 Å². The monoisotopic (exact) mass is 289 g/mol. The quantitative estimate of drug-likeness (QED) is 0.882. The smallest absolute Gasteiger partial charge is 0.128 e. The van der Waals surface area contributed by atoms with E-state index >= 15 is 0 Å². The van der Waals surface area contributed by atoms with Crippen LogP contribution in [0.2, 0.25) is 0 Å². The summed E-state index contributed by atoms with van der Waals surface area (Å²) in [7, 11) is 4.08. The summed E-state index contributed by atoms with van der Waals surface area (Å²) in [5.74, 6) is 1.03. The van der Waals surface area contributed by atoms with Crippen molar-refractivity contribution in [3.05, 3.63) is 46.3 Å². The van der Waals surface area contributed by atoms with Gasteiger partial charge in [0, 0.05) is 36.6 Å². The number of pyridine rings is 1. The molecule has 0 saturated carbocycles. The van der Waals surface area contributed by atoms with Gasteiger partial charge in [-0.1, -0.05) is 12.1 Å². The van der Waals surface area contributed by atoms with Crippen LogP contribution in [-0.2, 0) is 6.42 Å². The van der Waals surface area contributed by atoms with Gasteiger partial charge >= 0.3 is 0 Å². The van der Waals surface area contributed by atoms with Crippen LogP contribution in [0.3, 0.4) is 0 Å². The molecular weight excluding hydrogens is 266 g/mol. The van der Waals surface area contributed by atoms with Crippen LogP contribution in [0.25, 0.3) is 0 Å². The molecule has 108 valence electrons. The molecule has 2 atom stereocenters. The summed E-state index contributed by atoms with van der Waals surface area (Å²) < 4.78 is 0. The Morgan fingerprint density at radius 2 is 2.10 bits per heavy atom. The minimum atomic E-state index is 0.338. The molecule has 3 nitrogen and oxygen atoms in total. The first-order valence-corrected chi connectivity index (χ1v) is 7.88. The summed E-state index contributed by atoms with van der Waals surface area (Å²) in [6, 6.07) is 9.34. The SMILES string of the molecule is CNC(C)c1ccc(N(C)C(C)Cc2cccs2)nc1. The highest BCUT2D eigenvalue weighted by atomic mass is 32.1. The molecular formula is C16H23N3S. The summed E-state index contributed by atoms with van der Waals surface area (Å²) in [6.07, 6.45) is 3.02. The van der Waals surface area contributed by atoms with Crippen LogP contribution in [0.15, 0.2) is 35.8 Å². The van der Waals surface area contributed by atoms with Crippen molar-refractivity contribution in [2.24, 2.45) is 0 Å². The highest BCUT2D eigenvalue weighted by Crippen LogP contribution is 2.19. The van der Waals surface area contributed by atoms with Crippen LogP contribution in [0, 0.1) is 0 Å². The van der Waals surface area contributed by atoms with Crippen LogP contribution in [0.5, 0.6) is 0 Å². The van der Waals surface area contributed by atoms with Crippen molar-refractivity contribution >= 4 is 17.2 Å². The van der Waals surface area contributed by atoms with Crippen molar-refractivity contribution in [1.29, 1.82) is 0 Å². The van der Waals surface area contributed by atoms with Gasteiger partial charge in [-0.3, -0.25) is 0 Å². The number of aromatic nitrogens is 1. The number of nitrogens with zero attached hydrogens (tertiary/aromatic N) is 2. The lowest BCUT2D eigenvalue weighted by Gasteiger charge is -2.26. The molecule has 0 radical (unpaired) electrons. The first-order valence-electron chi connectivity index (χ1n) is 7.00. The lowest BCUT2D eigenvalue weighted by molar-refractivity contribution is 0.646. The van der Waals surface area contributed by atoms with E-state index in [4.69, 9.17) is 0 Å². The van der Waals surface area contributed by atoms with E-state index in [1.165, 1.54) is 10.4 Å². The summed E-state index contributed by atoms with van der Waals surface area (Å²) >= 11 is 1.82. The fourth-order valence-corrected chi connectivity index (χ4v) is 2.94. The molecule has 2 aromatic rings. The molecule has 2 heterocycles. The molecule has 0 amide bonds. The predicted octanol–water partition coefficient (Wildman–Crippen LogP) is 3.49. The number of likely N-dealkylation sites (N-methyl/N-ethyl adjacent to an activating group) is 1. The van der Waals surface area contributed by atoms with E-state index in [1.807, 2.05) is 24.6 Å². The van der Waals surface area contributed by atoms with E-state index in [9.17, 15) is 0 Å². The zero-order chi connectivity index (χ0) is 14.5. The average molecular weight is 289 g/mol. The molecule has 4 heteroatoms. The highest BCUT2D eigenvalue weighted by molar-refractivity contribution is 7.09. The van der Waals surface area contributed by atoms with Gasteiger partial charge in [0.2, 0.25) is 0 Å². The summed E-state index contributed by atoms with van der Waals surface area (Å²) in [6.45, 7) is 4.38. The Balaban J connectivity index is 2.02. The van der Waals surface area contributed by atoms with E-state index in [0.717, 1.165) is 12.2 Å². The topological polar surface area (TPSA) is 28.2 Å². The molecule has 0 spiro atoms. The van der Waals surface area contributed by atoms with Gasteiger partial charge in [0.15, 0.2) is 0 Å². The maximum atomic E-state index is 4.59. The van der Waals surface area contributed by atoms with Crippen molar-refractivity contribution in [1.82, 2.24) is 10.3 Å². The molecule has 2 unspecified atom stereocenters. The van der Waals surface area contributed by atoms with Gasteiger partial charge in [-0.05, 0) is 44.0 Å². The molecule has 1 N–H and O–H groups in total. The van der Waals surface area contributed by atoms with E-state index in [-0.39, 0.29) is 0 Å². The van der Waals surface area contributed by atoms with E-state index in [0.29, 0.717) is 12.1 Å². The van der Waals surface area contributed by atoms with Crippen molar-refractivity contribution in [3.8, 4) is 0 Å². The van der Waals surface area contributed by atoms with Crippen LogP contribution in [0.4, 0.5) is 5.82 Å². The maximum Gasteiger partial charge on any atom is 0.128 e. The van der Waals surface area contributed by atoms with Crippen LogP contribution < -0.4 is 10.2 Å². The molecule has 20 heavy (non-hydrogen) atoms. The Bertz CT molecular complexity index is 507. The van der Waals surface area contributed by atoms with E-state index in [1.54, 1.807) is 0 Å². The van der Waals surface area contributed by atoms with Crippen LogP contribution in [-0.4, -0.2) is 25.1 Å². The lowest BCUT2D eigenvalue weighted by Crippen LogP contribution is -2.31. The molecule has 0 saturated heterocycles. The largest absolute Gasteiger partial charge is 0.357 e. The van der Waals surface area contributed by atoms with Crippen molar-refractivity contribution in [2.75, 3.05) is 19.0 Å². The van der Waals surface area contributed by atoms with Gasteiger partial charge < -0.3 is 10.2 Å². The molecule has 0 aromatic carbocycles.